The number of rotatable bonds is 8. The minimum Gasteiger partial charge on any atom is -0.480 e. The zero-order valence-corrected chi connectivity index (χ0v) is 18.9. The summed E-state index contributed by atoms with van der Waals surface area (Å²) in [6, 6.07) is 14.7. The Kier molecular flexibility index (Phi) is 7.27. The van der Waals surface area contributed by atoms with E-state index >= 15 is 0 Å². The number of allylic oxidation sites excluding steroid dienone is 1. The minimum atomic E-state index is -1.16. The smallest absolute Gasteiger partial charge is 0.407 e. The van der Waals surface area contributed by atoms with Crippen LogP contribution in [0.4, 0.5) is 4.79 Å². The van der Waals surface area contributed by atoms with Crippen LogP contribution in [0.5, 0.6) is 0 Å². The molecule has 2 aliphatic carbocycles. The van der Waals surface area contributed by atoms with Gasteiger partial charge in [-0.1, -0.05) is 60.7 Å². The first-order valence-corrected chi connectivity index (χ1v) is 11.3. The second kappa shape index (κ2) is 10.5. The molecule has 178 valence electrons. The second-order valence-corrected chi connectivity index (χ2v) is 8.53. The molecule has 8 nitrogen and oxygen atoms in total. The molecule has 0 heterocycles. The van der Waals surface area contributed by atoms with Gasteiger partial charge in [-0.15, -0.1) is 0 Å². The highest BCUT2D eigenvalue weighted by atomic mass is 16.5. The Morgan fingerprint density at radius 3 is 2.32 bits per heavy atom. The van der Waals surface area contributed by atoms with E-state index in [2.05, 4.69) is 34.9 Å². The van der Waals surface area contributed by atoms with Crippen LogP contribution < -0.4 is 10.6 Å². The molecule has 34 heavy (non-hydrogen) atoms. The number of carboxylic acids is 1. The average molecular weight is 465 g/mol. The molecular formula is C26H28N2O6. The number of hydrogen-bond acceptors (Lipinski definition) is 5. The maximum absolute atomic E-state index is 12.6. The van der Waals surface area contributed by atoms with E-state index in [1.54, 1.807) is 0 Å². The van der Waals surface area contributed by atoms with Crippen molar-refractivity contribution in [2.75, 3.05) is 20.3 Å². The fraction of sp³-hybridized carbons (Fsp3) is 0.346. The fourth-order valence-electron chi connectivity index (χ4n) is 4.63. The van der Waals surface area contributed by atoms with E-state index in [-0.39, 0.29) is 31.1 Å². The van der Waals surface area contributed by atoms with Crippen molar-refractivity contribution in [3.63, 3.8) is 0 Å². The van der Waals surface area contributed by atoms with Gasteiger partial charge in [0.15, 0.2) is 6.04 Å². The van der Waals surface area contributed by atoms with Crippen LogP contribution >= 0.6 is 0 Å². The number of aliphatic carboxylic acids is 1. The molecule has 3 N–H and O–H groups in total. The molecule has 2 aromatic rings. The van der Waals surface area contributed by atoms with Crippen LogP contribution in [0.15, 0.2) is 60.7 Å². The Balaban J connectivity index is 1.32. The van der Waals surface area contributed by atoms with Crippen molar-refractivity contribution in [1.82, 2.24) is 10.6 Å². The largest absolute Gasteiger partial charge is 0.480 e. The molecular weight excluding hydrogens is 436 g/mol. The van der Waals surface area contributed by atoms with Gasteiger partial charge in [0.2, 0.25) is 5.91 Å². The molecule has 0 spiro atoms. The lowest BCUT2D eigenvalue weighted by atomic mass is 9.90. The SMILES string of the molecule is COCC(NC(=O)C1CC=CC(NC(=O)OCC2c3ccccc3-c3ccccc32)C1)C(=O)O. The summed E-state index contributed by atoms with van der Waals surface area (Å²) in [6.45, 7) is 0.0859. The molecule has 0 radical (unpaired) electrons. The quantitative estimate of drug-likeness (QED) is 0.518. The van der Waals surface area contributed by atoms with Gasteiger partial charge in [-0.05, 0) is 35.1 Å². The Morgan fingerprint density at radius 1 is 1.06 bits per heavy atom. The number of nitrogens with one attached hydrogen (secondary N) is 2. The molecule has 0 aromatic heterocycles. The van der Waals surface area contributed by atoms with Gasteiger partial charge < -0.3 is 25.2 Å². The molecule has 2 amide bonds. The Morgan fingerprint density at radius 2 is 1.71 bits per heavy atom. The summed E-state index contributed by atoms with van der Waals surface area (Å²) in [6.07, 6.45) is 3.91. The summed E-state index contributed by atoms with van der Waals surface area (Å²) in [5.74, 6) is -2.03. The van der Waals surface area contributed by atoms with E-state index in [1.807, 2.05) is 36.4 Å². The van der Waals surface area contributed by atoms with E-state index in [4.69, 9.17) is 9.47 Å². The first-order chi connectivity index (χ1) is 16.5. The first kappa shape index (κ1) is 23.5. The van der Waals surface area contributed by atoms with Crippen LogP contribution in [-0.2, 0) is 19.1 Å². The summed E-state index contributed by atoms with van der Waals surface area (Å²) in [5.41, 5.74) is 4.58. The minimum absolute atomic E-state index is 0.0349. The molecule has 2 aromatic carbocycles. The molecule has 0 fully saturated rings. The van der Waals surface area contributed by atoms with Crippen LogP contribution in [0.2, 0.25) is 0 Å². The standard InChI is InChI=1S/C26H28N2O6/c1-33-15-23(25(30)31)28-24(29)16-7-6-8-17(13-16)27-26(32)34-14-22-20-11-4-2-9-18(20)19-10-3-5-12-21(19)22/h2-6,8-12,16-17,22-23H,7,13-15H2,1H3,(H,27,32)(H,28,29)(H,30,31). The zero-order chi connectivity index (χ0) is 24.1. The molecule has 0 saturated carbocycles. The highest BCUT2D eigenvalue weighted by Crippen LogP contribution is 2.44. The predicted molar refractivity (Wildman–Crippen MR) is 125 cm³/mol. The zero-order valence-electron chi connectivity index (χ0n) is 18.9. The highest BCUT2D eigenvalue weighted by Gasteiger charge is 2.31. The number of alkyl carbamates (subject to hydrolysis) is 1. The maximum Gasteiger partial charge on any atom is 0.407 e. The Hall–Kier alpha value is -3.65. The van der Waals surface area contributed by atoms with Crippen molar-refractivity contribution in [3.05, 3.63) is 71.8 Å². The molecule has 0 saturated heterocycles. The van der Waals surface area contributed by atoms with Gasteiger partial charge in [-0.25, -0.2) is 9.59 Å². The number of fused-ring (bicyclic) bond motifs is 3. The number of carbonyl (C=O) groups excluding carboxylic acids is 2. The Labute approximate surface area is 198 Å². The van der Waals surface area contributed by atoms with Crippen LogP contribution in [0.25, 0.3) is 11.1 Å². The summed E-state index contributed by atoms with van der Waals surface area (Å²) >= 11 is 0. The number of hydrogen-bond donors (Lipinski definition) is 3. The number of carboxylic acid groups (broad SMARTS) is 1. The molecule has 8 heteroatoms. The number of methoxy groups -OCH3 is 1. The lowest BCUT2D eigenvalue weighted by molar-refractivity contribution is -0.144. The van der Waals surface area contributed by atoms with Crippen molar-refractivity contribution in [3.8, 4) is 11.1 Å². The van der Waals surface area contributed by atoms with Gasteiger partial charge >= 0.3 is 12.1 Å². The molecule has 3 atom stereocenters. The van der Waals surface area contributed by atoms with Gasteiger partial charge in [0.25, 0.3) is 0 Å². The normalized spacial score (nSPS) is 19.6. The summed E-state index contributed by atoms with van der Waals surface area (Å²) in [4.78, 5) is 36.4. The number of carbonyl (C=O) groups is 3. The summed E-state index contributed by atoms with van der Waals surface area (Å²) in [7, 11) is 1.37. The van der Waals surface area contributed by atoms with Gasteiger partial charge in [0.05, 0.1) is 12.6 Å². The van der Waals surface area contributed by atoms with Crippen molar-refractivity contribution >= 4 is 18.0 Å². The molecule has 0 aliphatic heterocycles. The van der Waals surface area contributed by atoms with Crippen LogP contribution in [0.1, 0.15) is 29.9 Å². The second-order valence-electron chi connectivity index (χ2n) is 8.53. The molecule has 4 rings (SSSR count). The molecule has 3 unspecified atom stereocenters. The summed E-state index contributed by atoms with van der Waals surface area (Å²) in [5, 5.41) is 14.5. The lowest BCUT2D eigenvalue weighted by Gasteiger charge is -2.26. The molecule has 2 aliphatic rings. The van der Waals surface area contributed by atoms with Gasteiger partial charge in [0.1, 0.15) is 6.61 Å². The van der Waals surface area contributed by atoms with Crippen LogP contribution in [0.3, 0.4) is 0 Å². The third kappa shape index (κ3) is 5.12. The van der Waals surface area contributed by atoms with Crippen molar-refractivity contribution < 1.29 is 29.0 Å². The third-order valence-corrected chi connectivity index (χ3v) is 6.29. The summed E-state index contributed by atoms with van der Waals surface area (Å²) < 4.78 is 10.4. The predicted octanol–water partition coefficient (Wildman–Crippen LogP) is 3.08. The highest BCUT2D eigenvalue weighted by molar-refractivity contribution is 5.85. The lowest BCUT2D eigenvalue weighted by Crippen LogP contribution is -2.48. The van der Waals surface area contributed by atoms with E-state index < -0.39 is 24.0 Å². The van der Waals surface area contributed by atoms with Gasteiger partial charge in [-0.3, -0.25) is 4.79 Å². The van der Waals surface area contributed by atoms with E-state index in [0.29, 0.717) is 12.8 Å². The van der Waals surface area contributed by atoms with Crippen LogP contribution in [-0.4, -0.2) is 55.5 Å². The van der Waals surface area contributed by atoms with Crippen molar-refractivity contribution in [2.45, 2.75) is 30.8 Å². The molecule has 0 bridgehead atoms. The number of ether oxygens (including phenoxy) is 2. The third-order valence-electron chi connectivity index (χ3n) is 6.29. The first-order valence-electron chi connectivity index (χ1n) is 11.3. The topological polar surface area (TPSA) is 114 Å². The van der Waals surface area contributed by atoms with Crippen molar-refractivity contribution in [1.29, 1.82) is 0 Å². The van der Waals surface area contributed by atoms with Crippen LogP contribution in [0, 0.1) is 5.92 Å². The maximum atomic E-state index is 12.6. The number of benzene rings is 2. The van der Waals surface area contributed by atoms with Crippen molar-refractivity contribution in [2.24, 2.45) is 5.92 Å². The monoisotopic (exact) mass is 464 g/mol. The fourth-order valence-corrected chi connectivity index (χ4v) is 4.63. The number of amides is 2. The van der Waals surface area contributed by atoms with Gasteiger partial charge in [-0.2, -0.15) is 0 Å². The van der Waals surface area contributed by atoms with Gasteiger partial charge in [0, 0.05) is 18.9 Å². The van der Waals surface area contributed by atoms with E-state index in [9.17, 15) is 19.5 Å². The van der Waals surface area contributed by atoms with E-state index in [0.717, 1.165) is 22.3 Å². The Bertz CT molecular complexity index is 1050. The van der Waals surface area contributed by atoms with E-state index in [1.165, 1.54) is 7.11 Å². The average Bonchev–Trinajstić information content (AvgIpc) is 3.16.